The van der Waals surface area contributed by atoms with Gasteiger partial charge in [-0.25, -0.2) is 0 Å². The largest absolute Gasteiger partial charge is 0.337 e. The van der Waals surface area contributed by atoms with Crippen molar-refractivity contribution in [3.63, 3.8) is 0 Å². The van der Waals surface area contributed by atoms with E-state index in [0.29, 0.717) is 16.7 Å². The Morgan fingerprint density at radius 2 is 1.74 bits per heavy atom. The predicted octanol–water partition coefficient (Wildman–Crippen LogP) is 8.72. The molecule has 0 aromatic heterocycles. The minimum atomic E-state index is 0. The molecule has 1 aliphatic rings. The normalized spacial score (nSPS) is 31.2. The standard InChI is InChI=1S/C26H49.Y/c1-11-15-20(5)18-21(12-2)26(10,14-4)22-16-17-23(24(6,7)8)25(9,13-3)19-22;/h11,15,20-23H,6,12-14,16-19H2,1-5,7-10H3;/q-1;. The quantitative estimate of drug-likeness (QED) is 0.243. The van der Waals surface area contributed by atoms with E-state index in [4.69, 9.17) is 0 Å². The van der Waals surface area contributed by atoms with E-state index in [2.05, 4.69) is 81.4 Å². The molecular weight excluding hydrogens is 401 g/mol. The van der Waals surface area contributed by atoms with E-state index in [0.717, 1.165) is 17.8 Å². The molecule has 1 fully saturated rings. The number of rotatable bonds is 9. The van der Waals surface area contributed by atoms with Gasteiger partial charge in [0.25, 0.3) is 0 Å². The maximum atomic E-state index is 4.55. The molecule has 0 spiro atoms. The Balaban J connectivity index is 0.00000676. The third kappa shape index (κ3) is 6.67. The number of hydrogen-bond acceptors (Lipinski definition) is 0. The van der Waals surface area contributed by atoms with Gasteiger partial charge in [0.1, 0.15) is 0 Å². The summed E-state index contributed by atoms with van der Waals surface area (Å²) in [7, 11) is 0. The van der Waals surface area contributed by atoms with Gasteiger partial charge in [0.15, 0.2) is 0 Å². The Morgan fingerprint density at radius 1 is 1.15 bits per heavy atom. The smallest absolute Gasteiger partial charge is 0 e. The van der Waals surface area contributed by atoms with Crippen LogP contribution in [0.4, 0.5) is 0 Å². The fourth-order valence-corrected chi connectivity index (χ4v) is 6.48. The van der Waals surface area contributed by atoms with Crippen LogP contribution >= 0.6 is 0 Å². The van der Waals surface area contributed by atoms with Crippen LogP contribution in [0.5, 0.6) is 0 Å². The van der Waals surface area contributed by atoms with Gasteiger partial charge < -0.3 is 6.92 Å². The van der Waals surface area contributed by atoms with Gasteiger partial charge in [-0.05, 0) is 54.8 Å². The molecule has 0 N–H and O–H groups in total. The first kappa shape index (κ1) is 27.8. The molecule has 6 atom stereocenters. The van der Waals surface area contributed by atoms with Crippen LogP contribution in [0.15, 0.2) is 12.2 Å². The summed E-state index contributed by atoms with van der Waals surface area (Å²) in [6.45, 7) is 26.3. The van der Waals surface area contributed by atoms with E-state index >= 15 is 0 Å². The van der Waals surface area contributed by atoms with Crippen LogP contribution in [0, 0.1) is 46.8 Å². The van der Waals surface area contributed by atoms with Crippen LogP contribution in [0.2, 0.25) is 0 Å². The van der Waals surface area contributed by atoms with Gasteiger partial charge in [0, 0.05) is 32.7 Å². The summed E-state index contributed by atoms with van der Waals surface area (Å²) in [5, 5.41) is 0. The Bertz CT molecular complexity index is 446. The van der Waals surface area contributed by atoms with Crippen molar-refractivity contribution in [2.24, 2.45) is 39.9 Å². The van der Waals surface area contributed by atoms with Crippen molar-refractivity contribution in [1.82, 2.24) is 0 Å². The van der Waals surface area contributed by atoms with Gasteiger partial charge in [0.2, 0.25) is 0 Å². The van der Waals surface area contributed by atoms with Crippen molar-refractivity contribution in [3.8, 4) is 0 Å². The topological polar surface area (TPSA) is 0 Å². The second kappa shape index (κ2) is 11.3. The molecule has 1 aliphatic carbocycles. The van der Waals surface area contributed by atoms with Crippen molar-refractivity contribution in [2.45, 2.75) is 107 Å². The first-order valence-electron chi connectivity index (χ1n) is 11.5. The molecule has 0 amide bonds. The van der Waals surface area contributed by atoms with Crippen LogP contribution in [0.3, 0.4) is 0 Å². The van der Waals surface area contributed by atoms with Gasteiger partial charge in [-0.1, -0.05) is 99.1 Å². The van der Waals surface area contributed by atoms with Crippen LogP contribution in [0.1, 0.15) is 107 Å². The van der Waals surface area contributed by atoms with Crippen LogP contribution < -0.4 is 0 Å². The third-order valence-electron chi connectivity index (χ3n) is 8.41. The van der Waals surface area contributed by atoms with Gasteiger partial charge in [-0.3, -0.25) is 0 Å². The molecule has 0 nitrogen and oxygen atoms in total. The van der Waals surface area contributed by atoms with Crippen molar-refractivity contribution < 1.29 is 32.7 Å². The summed E-state index contributed by atoms with van der Waals surface area (Å²) < 4.78 is 0. The fourth-order valence-electron chi connectivity index (χ4n) is 6.48. The molecule has 1 radical (unpaired) electrons. The zero-order valence-electron chi connectivity index (χ0n) is 20.2. The van der Waals surface area contributed by atoms with E-state index in [1.54, 1.807) is 0 Å². The molecule has 157 valence electrons. The summed E-state index contributed by atoms with van der Waals surface area (Å²) in [6, 6.07) is 0. The minimum absolute atomic E-state index is 0. The Kier molecular flexibility index (Phi) is 11.6. The van der Waals surface area contributed by atoms with Crippen LogP contribution in [0.25, 0.3) is 0 Å². The molecule has 0 aliphatic heterocycles. The van der Waals surface area contributed by atoms with Gasteiger partial charge in [0.05, 0.1) is 0 Å². The summed E-state index contributed by atoms with van der Waals surface area (Å²) in [5.74, 6) is 3.14. The van der Waals surface area contributed by atoms with Crippen molar-refractivity contribution >= 4 is 0 Å². The van der Waals surface area contributed by atoms with Gasteiger partial charge in [-0.2, -0.15) is 5.41 Å². The number of hydrogen-bond donors (Lipinski definition) is 0. The molecule has 1 rings (SSSR count). The maximum absolute atomic E-state index is 4.55. The average Bonchev–Trinajstić information content (AvgIpc) is 2.58. The monoisotopic (exact) mass is 450 g/mol. The molecule has 0 heterocycles. The van der Waals surface area contributed by atoms with Gasteiger partial charge in [-0.15, -0.1) is 0 Å². The first-order chi connectivity index (χ1) is 12.0. The molecule has 6 unspecified atom stereocenters. The second-order valence-corrected chi connectivity index (χ2v) is 10.7. The molecule has 0 aromatic carbocycles. The fraction of sp³-hybridized carbons (Fsp3) is 0.885. The third-order valence-corrected chi connectivity index (χ3v) is 8.41. The minimum Gasteiger partial charge on any atom is -0.337 e. The Morgan fingerprint density at radius 3 is 2.15 bits per heavy atom. The number of allylic oxidation sites excluding steroid dienone is 2. The molecular formula is C26H49Y-. The molecule has 0 aromatic rings. The summed E-state index contributed by atoms with van der Waals surface area (Å²) >= 11 is 0. The Labute approximate surface area is 198 Å². The molecule has 27 heavy (non-hydrogen) atoms. The van der Waals surface area contributed by atoms with Gasteiger partial charge >= 0.3 is 0 Å². The van der Waals surface area contributed by atoms with E-state index in [1.165, 1.54) is 44.9 Å². The Hall–Kier alpha value is 0.844. The van der Waals surface area contributed by atoms with E-state index in [9.17, 15) is 0 Å². The molecule has 0 saturated heterocycles. The average molecular weight is 451 g/mol. The first-order valence-corrected chi connectivity index (χ1v) is 11.5. The van der Waals surface area contributed by atoms with E-state index in [-0.39, 0.29) is 38.1 Å². The SMILES string of the molecule is [CH2-]C(C)(C)C1CCC(C(C)(CC)C(CC)CC(C)C=CC)CC1(C)CC.[Y]. The predicted molar refractivity (Wildman–Crippen MR) is 119 cm³/mol. The summed E-state index contributed by atoms with van der Waals surface area (Å²) in [4.78, 5) is 0. The molecule has 0 bridgehead atoms. The van der Waals surface area contributed by atoms with Crippen molar-refractivity contribution in [1.29, 1.82) is 0 Å². The molecule has 1 heteroatoms. The van der Waals surface area contributed by atoms with Crippen LogP contribution in [-0.4, -0.2) is 0 Å². The maximum Gasteiger partial charge on any atom is 0 e. The van der Waals surface area contributed by atoms with Crippen LogP contribution in [-0.2, 0) is 32.7 Å². The van der Waals surface area contributed by atoms with E-state index in [1.807, 2.05) is 0 Å². The zero-order valence-corrected chi connectivity index (χ0v) is 23.0. The second-order valence-electron chi connectivity index (χ2n) is 10.7. The zero-order chi connectivity index (χ0) is 20.2. The van der Waals surface area contributed by atoms with E-state index < -0.39 is 0 Å². The summed E-state index contributed by atoms with van der Waals surface area (Å²) in [5.41, 5.74) is 1.10. The van der Waals surface area contributed by atoms with Crippen molar-refractivity contribution in [3.05, 3.63) is 19.1 Å². The summed E-state index contributed by atoms with van der Waals surface area (Å²) in [6.07, 6.45) is 14.1. The van der Waals surface area contributed by atoms with Crippen molar-refractivity contribution in [2.75, 3.05) is 0 Å². The molecule has 1 saturated carbocycles.